The third-order valence-corrected chi connectivity index (χ3v) is 3.15. The average molecular weight is 223 g/mol. The Hall–Kier alpha value is -1.09. The summed E-state index contributed by atoms with van der Waals surface area (Å²) in [4.78, 5) is 0. The summed E-state index contributed by atoms with van der Waals surface area (Å²) in [5, 5.41) is 3.34. The zero-order chi connectivity index (χ0) is 11.4. The third-order valence-electron chi connectivity index (χ3n) is 3.15. The van der Waals surface area contributed by atoms with Gasteiger partial charge in [0, 0.05) is 6.07 Å². The molecule has 3 heteroatoms. The molecule has 0 spiro atoms. The Morgan fingerprint density at radius 1 is 1.31 bits per heavy atom. The number of benzene rings is 1. The first kappa shape index (κ1) is 11.4. The fraction of sp³-hybridized carbons (Fsp3) is 0.538. The zero-order valence-electron chi connectivity index (χ0n) is 9.63. The van der Waals surface area contributed by atoms with Gasteiger partial charge < -0.3 is 10.1 Å². The van der Waals surface area contributed by atoms with Crippen LogP contribution in [-0.2, 0) is 6.42 Å². The van der Waals surface area contributed by atoms with Crippen LogP contribution >= 0.6 is 0 Å². The highest BCUT2D eigenvalue weighted by molar-refractivity contribution is 5.29. The van der Waals surface area contributed by atoms with Crippen LogP contribution < -0.4 is 10.1 Å². The van der Waals surface area contributed by atoms with Crippen molar-refractivity contribution < 1.29 is 9.13 Å². The maximum Gasteiger partial charge on any atom is 0.127 e. The van der Waals surface area contributed by atoms with Crippen LogP contribution in [0.15, 0.2) is 18.2 Å². The Kier molecular flexibility index (Phi) is 3.78. The number of ether oxygens (including phenoxy) is 1. The van der Waals surface area contributed by atoms with Crippen LogP contribution in [0.3, 0.4) is 0 Å². The minimum Gasteiger partial charge on any atom is -0.497 e. The first-order valence-electron chi connectivity index (χ1n) is 5.82. The molecule has 1 fully saturated rings. The molecular formula is C13H18FNO. The highest BCUT2D eigenvalue weighted by atomic mass is 19.1. The third kappa shape index (κ3) is 2.95. The van der Waals surface area contributed by atoms with E-state index in [1.807, 2.05) is 6.07 Å². The van der Waals surface area contributed by atoms with Crippen molar-refractivity contribution in [1.82, 2.24) is 5.32 Å². The van der Waals surface area contributed by atoms with Crippen LogP contribution in [0.4, 0.5) is 4.39 Å². The van der Waals surface area contributed by atoms with E-state index in [2.05, 4.69) is 5.32 Å². The molecule has 0 bridgehead atoms. The summed E-state index contributed by atoms with van der Waals surface area (Å²) in [7, 11) is 1.57. The molecule has 0 atom stereocenters. The summed E-state index contributed by atoms with van der Waals surface area (Å²) in [6.45, 7) is 2.16. The molecule has 0 unspecified atom stereocenters. The van der Waals surface area contributed by atoms with Crippen molar-refractivity contribution in [3.8, 4) is 5.75 Å². The second-order valence-corrected chi connectivity index (χ2v) is 4.40. The highest BCUT2D eigenvalue weighted by Gasteiger charge is 2.14. The maximum absolute atomic E-state index is 13.3. The van der Waals surface area contributed by atoms with Gasteiger partial charge in [-0.25, -0.2) is 4.39 Å². The van der Waals surface area contributed by atoms with Crippen molar-refractivity contribution in [2.75, 3.05) is 20.2 Å². The van der Waals surface area contributed by atoms with E-state index in [0.29, 0.717) is 11.7 Å². The van der Waals surface area contributed by atoms with Gasteiger partial charge in [-0.1, -0.05) is 0 Å². The molecule has 1 aromatic rings. The van der Waals surface area contributed by atoms with E-state index < -0.39 is 0 Å². The van der Waals surface area contributed by atoms with Crippen molar-refractivity contribution in [2.24, 2.45) is 5.92 Å². The van der Waals surface area contributed by atoms with Crippen LogP contribution in [-0.4, -0.2) is 20.2 Å². The molecule has 1 N–H and O–H groups in total. The number of nitrogens with one attached hydrogen (secondary N) is 1. The van der Waals surface area contributed by atoms with Gasteiger partial charge in [0.15, 0.2) is 0 Å². The van der Waals surface area contributed by atoms with Crippen LogP contribution in [0, 0.1) is 11.7 Å². The second kappa shape index (κ2) is 5.30. The molecule has 0 aromatic heterocycles. The van der Waals surface area contributed by atoms with E-state index in [-0.39, 0.29) is 5.82 Å². The molecule has 1 aromatic carbocycles. The number of rotatable bonds is 3. The van der Waals surface area contributed by atoms with Crippen LogP contribution in [0.1, 0.15) is 18.4 Å². The van der Waals surface area contributed by atoms with E-state index >= 15 is 0 Å². The Labute approximate surface area is 95.8 Å². The van der Waals surface area contributed by atoms with Gasteiger partial charge >= 0.3 is 0 Å². The summed E-state index contributed by atoms with van der Waals surface area (Å²) in [5.41, 5.74) is 1.05. The predicted octanol–water partition coefficient (Wildman–Crippen LogP) is 2.38. The monoisotopic (exact) mass is 223 g/mol. The summed E-state index contributed by atoms with van der Waals surface area (Å²) < 4.78 is 18.3. The highest BCUT2D eigenvalue weighted by Crippen LogP contribution is 2.22. The van der Waals surface area contributed by atoms with Gasteiger partial charge in [0.05, 0.1) is 7.11 Å². The number of piperidine rings is 1. The molecule has 2 rings (SSSR count). The van der Waals surface area contributed by atoms with Crippen molar-refractivity contribution in [1.29, 1.82) is 0 Å². The normalized spacial score (nSPS) is 17.4. The van der Waals surface area contributed by atoms with Gasteiger partial charge in [0.2, 0.25) is 0 Å². The molecule has 2 nitrogen and oxygen atoms in total. The molecule has 1 aliphatic heterocycles. The summed E-state index contributed by atoms with van der Waals surface area (Å²) in [6.07, 6.45) is 3.31. The summed E-state index contributed by atoms with van der Waals surface area (Å²) >= 11 is 0. The van der Waals surface area contributed by atoms with Crippen molar-refractivity contribution in [2.45, 2.75) is 19.3 Å². The molecule has 1 heterocycles. The fourth-order valence-electron chi connectivity index (χ4n) is 2.28. The lowest BCUT2D eigenvalue weighted by Crippen LogP contribution is -2.28. The van der Waals surface area contributed by atoms with Gasteiger partial charge in [-0.15, -0.1) is 0 Å². The Morgan fingerprint density at radius 2 is 2.06 bits per heavy atom. The molecule has 0 saturated carbocycles. The van der Waals surface area contributed by atoms with Crippen molar-refractivity contribution >= 4 is 0 Å². The quantitative estimate of drug-likeness (QED) is 0.849. The molecule has 1 aliphatic rings. The Morgan fingerprint density at radius 3 is 2.75 bits per heavy atom. The zero-order valence-corrected chi connectivity index (χ0v) is 9.63. The van der Waals surface area contributed by atoms with E-state index in [4.69, 9.17) is 4.74 Å². The largest absolute Gasteiger partial charge is 0.497 e. The maximum atomic E-state index is 13.3. The standard InChI is InChI=1S/C13H18FNO/c1-16-13-8-11(7-12(14)9-13)6-10-2-4-15-5-3-10/h7-10,15H,2-6H2,1H3. The Balaban J connectivity index is 2.04. The molecule has 0 aliphatic carbocycles. The lowest BCUT2D eigenvalue weighted by Gasteiger charge is -2.22. The average Bonchev–Trinajstić information content (AvgIpc) is 2.29. The first-order chi connectivity index (χ1) is 7.78. The number of hydrogen-bond donors (Lipinski definition) is 1. The number of methoxy groups -OCH3 is 1. The van der Waals surface area contributed by atoms with E-state index in [1.54, 1.807) is 13.2 Å². The lowest BCUT2D eigenvalue weighted by atomic mass is 9.91. The van der Waals surface area contributed by atoms with E-state index in [9.17, 15) is 4.39 Å². The van der Waals surface area contributed by atoms with Crippen molar-refractivity contribution in [3.05, 3.63) is 29.6 Å². The topological polar surface area (TPSA) is 21.3 Å². The SMILES string of the molecule is COc1cc(F)cc(CC2CCNCC2)c1. The number of hydrogen-bond acceptors (Lipinski definition) is 2. The van der Waals surface area contributed by atoms with Gasteiger partial charge in [-0.3, -0.25) is 0 Å². The summed E-state index contributed by atoms with van der Waals surface area (Å²) in [6, 6.07) is 4.97. The minimum absolute atomic E-state index is 0.205. The van der Waals surface area contributed by atoms with Gasteiger partial charge in [-0.2, -0.15) is 0 Å². The van der Waals surface area contributed by atoms with Gasteiger partial charge in [-0.05, 0) is 56.0 Å². The molecular weight excluding hydrogens is 205 g/mol. The van der Waals surface area contributed by atoms with Crippen molar-refractivity contribution in [3.63, 3.8) is 0 Å². The van der Waals surface area contributed by atoms with E-state index in [0.717, 1.165) is 25.1 Å². The Bertz CT molecular complexity index is 348. The molecule has 1 saturated heterocycles. The predicted molar refractivity (Wildman–Crippen MR) is 62.2 cm³/mol. The fourth-order valence-corrected chi connectivity index (χ4v) is 2.28. The minimum atomic E-state index is -0.205. The smallest absolute Gasteiger partial charge is 0.127 e. The van der Waals surface area contributed by atoms with Crippen LogP contribution in [0.2, 0.25) is 0 Å². The second-order valence-electron chi connectivity index (χ2n) is 4.40. The van der Waals surface area contributed by atoms with Gasteiger partial charge in [0.1, 0.15) is 11.6 Å². The molecule has 88 valence electrons. The van der Waals surface area contributed by atoms with Gasteiger partial charge in [0.25, 0.3) is 0 Å². The molecule has 0 amide bonds. The van der Waals surface area contributed by atoms with E-state index in [1.165, 1.54) is 18.9 Å². The van der Waals surface area contributed by atoms with Crippen LogP contribution in [0.5, 0.6) is 5.75 Å². The lowest BCUT2D eigenvalue weighted by molar-refractivity contribution is 0.370. The summed E-state index contributed by atoms with van der Waals surface area (Å²) in [5.74, 6) is 1.08. The number of halogens is 1. The first-order valence-corrected chi connectivity index (χ1v) is 5.82. The molecule has 16 heavy (non-hydrogen) atoms. The molecule has 0 radical (unpaired) electrons. The van der Waals surface area contributed by atoms with Crippen LogP contribution in [0.25, 0.3) is 0 Å².